The van der Waals surface area contributed by atoms with Crippen LogP contribution in [0.3, 0.4) is 0 Å². The predicted molar refractivity (Wildman–Crippen MR) is 80.3 cm³/mol. The molecule has 19 heavy (non-hydrogen) atoms. The standard InChI is InChI=1S/C14H18Cl2N2O/c1-10(2)19-9-8-18-13(6-7-15)17-12-5-3-4-11(16)14(12)18/h3-5,10H,6-9H2,1-2H3. The van der Waals surface area contributed by atoms with Gasteiger partial charge in [0.25, 0.3) is 0 Å². The molecular formula is C14H18Cl2N2O. The van der Waals surface area contributed by atoms with E-state index >= 15 is 0 Å². The van der Waals surface area contributed by atoms with Gasteiger partial charge >= 0.3 is 0 Å². The van der Waals surface area contributed by atoms with Gasteiger partial charge in [-0.15, -0.1) is 11.6 Å². The van der Waals surface area contributed by atoms with Crippen LogP contribution < -0.4 is 0 Å². The Labute approximate surface area is 123 Å². The van der Waals surface area contributed by atoms with Crippen LogP contribution in [0.5, 0.6) is 0 Å². The molecule has 0 saturated carbocycles. The molecule has 0 aliphatic carbocycles. The Kier molecular flexibility index (Phi) is 5.08. The maximum absolute atomic E-state index is 6.28. The van der Waals surface area contributed by atoms with E-state index in [1.807, 2.05) is 32.0 Å². The third kappa shape index (κ3) is 3.41. The number of aromatic nitrogens is 2. The van der Waals surface area contributed by atoms with Crippen molar-refractivity contribution in [3.63, 3.8) is 0 Å². The largest absolute Gasteiger partial charge is 0.377 e. The van der Waals surface area contributed by atoms with Gasteiger partial charge in [0.1, 0.15) is 5.82 Å². The smallest absolute Gasteiger partial charge is 0.111 e. The van der Waals surface area contributed by atoms with Crippen LogP contribution in [0.25, 0.3) is 11.0 Å². The lowest BCUT2D eigenvalue weighted by Gasteiger charge is -2.11. The Hall–Kier alpha value is -0.770. The van der Waals surface area contributed by atoms with Gasteiger partial charge in [0.05, 0.1) is 28.8 Å². The van der Waals surface area contributed by atoms with Crippen molar-refractivity contribution >= 4 is 34.2 Å². The zero-order valence-corrected chi connectivity index (χ0v) is 12.7. The predicted octanol–water partition coefficient (Wildman–Crippen LogP) is 3.90. The molecule has 0 radical (unpaired) electrons. The first-order valence-electron chi connectivity index (χ1n) is 6.44. The minimum atomic E-state index is 0.224. The fourth-order valence-electron chi connectivity index (χ4n) is 2.09. The summed E-state index contributed by atoms with van der Waals surface area (Å²) in [5.41, 5.74) is 1.88. The van der Waals surface area contributed by atoms with E-state index in [9.17, 15) is 0 Å². The number of para-hydroxylation sites is 1. The summed E-state index contributed by atoms with van der Waals surface area (Å²) in [6.45, 7) is 5.44. The number of benzene rings is 1. The molecule has 0 aliphatic rings. The van der Waals surface area contributed by atoms with Gasteiger partial charge in [-0.3, -0.25) is 0 Å². The molecule has 1 aromatic heterocycles. The van der Waals surface area contributed by atoms with Gasteiger partial charge in [0, 0.05) is 18.8 Å². The summed E-state index contributed by atoms with van der Waals surface area (Å²) in [7, 11) is 0. The van der Waals surface area contributed by atoms with Crippen LogP contribution in [0.1, 0.15) is 19.7 Å². The van der Waals surface area contributed by atoms with Crippen LogP contribution in [0.2, 0.25) is 5.02 Å². The molecule has 0 unspecified atom stereocenters. The molecule has 0 atom stereocenters. The Morgan fingerprint density at radius 3 is 2.84 bits per heavy atom. The summed E-state index contributed by atoms with van der Waals surface area (Å²) in [6, 6.07) is 5.77. The van der Waals surface area contributed by atoms with Crippen molar-refractivity contribution in [2.24, 2.45) is 0 Å². The quantitative estimate of drug-likeness (QED) is 0.757. The summed E-state index contributed by atoms with van der Waals surface area (Å²) in [5, 5.41) is 0.718. The molecule has 3 nitrogen and oxygen atoms in total. The normalized spacial score (nSPS) is 11.6. The number of halogens is 2. The van der Waals surface area contributed by atoms with E-state index in [0.29, 0.717) is 12.5 Å². The average Bonchev–Trinajstić information content (AvgIpc) is 2.69. The monoisotopic (exact) mass is 300 g/mol. The molecule has 0 fully saturated rings. The van der Waals surface area contributed by atoms with Gasteiger partial charge in [-0.25, -0.2) is 4.98 Å². The van der Waals surface area contributed by atoms with Gasteiger partial charge < -0.3 is 9.30 Å². The van der Waals surface area contributed by atoms with E-state index in [1.54, 1.807) is 0 Å². The molecular weight excluding hydrogens is 283 g/mol. The number of alkyl halides is 1. The lowest BCUT2D eigenvalue weighted by atomic mass is 10.3. The number of hydrogen-bond donors (Lipinski definition) is 0. The minimum absolute atomic E-state index is 0.224. The van der Waals surface area contributed by atoms with Crippen LogP contribution >= 0.6 is 23.2 Å². The molecule has 104 valence electrons. The fourth-order valence-corrected chi connectivity index (χ4v) is 2.53. The lowest BCUT2D eigenvalue weighted by Crippen LogP contribution is -2.13. The molecule has 0 amide bonds. The highest BCUT2D eigenvalue weighted by molar-refractivity contribution is 6.35. The van der Waals surface area contributed by atoms with Gasteiger partial charge in [-0.2, -0.15) is 0 Å². The maximum atomic E-state index is 6.28. The Morgan fingerprint density at radius 2 is 2.16 bits per heavy atom. The van der Waals surface area contributed by atoms with Crippen LogP contribution in [0.4, 0.5) is 0 Å². The second-order valence-electron chi connectivity index (χ2n) is 4.65. The van der Waals surface area contributed by atoms with Crippen molar-refractivity contribution in [1.29, 1.82) is 0 Å². The van der Waals surface area contributed by atoms with E-state index in [4.69, 9.17) is 27.9 Å². The third-order valence-corrected chi connectivity index (χ3v) is 3.37. The zero-order valence-electron chi connectivity index (χ0n) is 11.2. The number of rotatable bonds is 6. The van der Waals surface area contributed by atoms with Crippen molar-refractivity contribution < 1.29 is 4.74 Å². The van der Waals surface area contributed by atoms with Crippen molar-refractivity contribution in [3.8, 4) is 0 Å². The Balaban J connectivity index is 2.34. The van der Waals surface area contributed by atoms with Crippen LogP contribution in [0, 0.1) is 0 Å². The maximum Gasteiger partial charge on any atom is 0.111 e. The van der Waals surface area contributed by atoms with E-state index in [-0.39, 0.29) is 6.10 Å². The minimum Gasteiger partial charge on any atom is -0.377 e. The molecule has 0 saturated heterocycles. The molecule has 1 aromatic carbocycles. The average molecular weight is 301 g/mol. The molecule has 5 heteroatoms. The lowest BCUT2D eigenvalue weighted by molar-refractivity contribution is 0.0729. The first-order chi connectivity index (χ1) is 9.13. The summed E-state index contributed by atoms with van der Waals surface area (Å²) < 4.78 is 7.73. The number of ether oxygens (including phenoxy) is 1. The topological polar surface area (TPSA) is 27.1 Å². The van der Waals surface area contributed by atoms with E-state index in [0.717, 1.165) is 34.8 Å². The van der Waals surface area contributed by atoms with Crippen LogP contribution in [-0.4, -0.2) is 28.1 Å². The summed E-state index contributed by atoms with van der Waals surface area (Å²) >= 11 is 12.1. The van der Waals surface area contributed by atoms with Crippen molar-refractivity contribution in [2.45, 2.75) is 32.9 Å². The number of aryl methyl sites for hydroxylation is 1. The fraction of sp³-hybridized carbons (Fsp3) is 0.500. The highest BCUT2D eigenvalue weighted by Crippen LogP contribution is 2.25. The second kappa shape index (κ2) is 6.60. The molecule has 0 bridgehead atoms. The first kappa shape index (κ1) is 14.6. The first-order valence-corrected chi connectivity index (χ1v) is 7.36. The van der Waals surface area contributed by atoms with E-state index in [1.165, 1.54) is 0 Å². The van der Waals surface area contributed by atoms with Crippen molar-refractivity contribution in [2.75, 3.05) is 12.5 Å². The molecule has 2 rings (SSSR count). The summed E-state index contributed by atoms with van der Waals surface area (Å²) in [6.07, 6.45) is 0.954. The van der Waals surface area contributed by atoms with Crippen LogP contribution in [-0.2, 0) is 17.7 Å². The van der Waals surface area contributed by atoms with Gasteiger partial charge in [0.15, 0.2) is 0 Å². The number of nitrogens with zero attached hydrogens (tertiary/aromatic N) is 2. The second-order valence-corrected chi connectivity index (χ2v) is 5.43. The highest BCUT2D eigenvalue weighted by Gasteiger charge is 2.12. The summed E-state index contributed by atoms with van der Waals surface area (Å²) in [5.74, 6) is 1.51. The SMILES string of the molecule is CC(C)OCCn1c(CCCl)nc2cccc(Cl)c21. The number of imidazole rings is 1. The molecule has 0 N–H and O–H groups in total. The van der Waals surface area contributed by atoms with Gasteiger partial charge in [-0.1, -0.05) is 17.7 Å². The van der Waals surface area contributed by atoms with Crippen molar-refractivity contribution in [1.82, 2.24) is 9.55 Å². The molecule has 2 aromatic rings. The summed E-state index contributed by atoms with van der Waals surface area (Å²) in [4.78, 5) is 4.60. The van der Waals surface area contributed by atoms with E-state index in [2.05, 4.69) is 9.55 Å². The van der Waals surface area contributed by atoms with Gasteiger partial charge in [-0.05, 0) is 26.0 Å². The molecule has 1 heterocycles. The third-order valence-electron chi connectivity index (χ3n) is 2.88. The number of hydrogen-bond acceptors (Lipinski definition) is 2. The zero-order chi connectivity index (χ0) is 13.8. The van der Waals surface area contributed by atoms with E-state index < -0.39 is 0 Å². The Morgan fingerprint density at radius 1 is 1.37 bits per heavy atom. The molecule has 0 aliphatic heterocycles. The van der Waals surface area contributed by atoms with Gasteiger partial charge in [0.2, 0.25) is 0 Å². The highest BCUT2D eigenvalue weighted by atomic mass is 35.5. The molecule has 0 spiro atoms. The number of fused-ring (bicyclic) bond motifs is 1. The Bertz CT molecular complexity index is 552. The van der Waals surface area contributed by atoms with Crippen molar-refractivity contribution in [3.05, 3.63) is 29.0 Å². The van der Waals surface area contributed by atoms with Crippen LogP contribution in [0.15, 0.2) is 18.2 Å².